The van der Waals surface area contributed by atoms with E-state index in [0.29, 0.717) is 30.1 Å². The third-order valence-corrected chi connectivity index (χ3v) is 3.06. The smallest absolute Gasteiger partial charge is 0.231 e. The molecule has 1 aromatic heterocycles. The number of thioether (sulfide) groups is 1. The van der Waals surface area contributed by atoms with Gasteiger partial charge in [0.25, 0.3) is 0 Å². The highest BCUT2D eigenvalue weighted by Gasteiger charge is 2.15. The number of nitrogens with two attached hydrogens (primary N) is 1. The second kappa shape index (κ2) is 5.99. The lowest BCUT2D eigenvalue weighted by atomic mass is 10.4. The number of morpholine rings is 1. The Kier molecular flexibility index (Phi) is 4.35. The molecule has 0 radical (unpaired) electrons. The van der Waals surface area contributed by atoms with Crippen LogP contribution >= 0.6 is 11.8 Å². The average Bonchev–Trinajstić information content (AvgIpc) is 2.37. The first-order valence-corrected chi connectivity index (χ1v) is 6.36. The second-order valence-corrected chi connectivity index (χ2v) is 4.51. The van der Waals surface area contributed by atoms with Crippen molar-refractivity contribution in [1.29, 1.82) is 0 Å². The van der Waals surface area contributed by atoms with Gasteiger partial charge in [0.15, 0.2) is 5.16 Å². The number of anilines is 2. The van der Waals surface area contributed by atoms with Crippen LogP contribution in [0.1, 0.15) is 0 Å². The summed E-state index contributed by atoms with van der Waals surface area (Å²) in [6.45, 7) is 2.94. The highest BCUT2D eigenvalue weighted by Crippen LogP contribution is 2.17. The Morgan fingerprint density at radius 2 is 2.06 bits per heavy atom. The summed E-state index contributed by atoms with van der Waals surface area (Å²) in [6.07, 6.45) is 0. The third kappa shape index (κ3) is 3.42. The minimum atomic E-state index is 0.0865. The van der Waals surface area contributed by atoms with Crippen LogP contribution in [0.2, 0.25) is 0 Å². The van der Waals surface area contributed by atoms with Crippen molar-refractivity contribution in [3.8, 4) is 0 Å². The summed E-state index contributed by atoms with van der Waals surface area (Å²) in [5, 5.41) is 9.31. The van der Waals surface area contributed by atoms with E-state index in [9.17, 15) is 0 Å². The number of hydrogen-bond donors (Lipinski definition) is 2. The molecule has 1 aromatic rings. The maximum Gasteiger partial charge on any atom is 0.231 e. The molecule has 0 aliphatic carbocycles. The fraction of sp³-hybridized carbons (Fsp3) is 0.667. The molecule has 3 N–H and O–H groups in total. The molecule has 0 atom stereocenters. The molecule has 94 valence electrons. The molecule has 7 nitrogen and oxygen atoms in total. The fourth-order valence-corrected chi connectivity index (χ4v) is 2.05. The van der Waals surface area contributed by atoms with Gasteiger partial charge in [-0.25, -0.2) is 0 Å². The molecule has 1 aliphatic rings. The van der Waals surface area contributed by atoms with Gasteiger partial charge in [0.1, 0.15) is 0 Å². The molecule has 0 unspecified atom stereocenters. The first kappa shape index (κ1) is 12.3. The van der Waals surface area contributed by atoms with Crippen LogP contribution in [0.25, 0.3) is 0 Å². The van der Waals surface area contributed by atoms with Crippen molar-refractivity contribution < 1.29 is 9.84 Å². The molecule has 1 aliphatic heterocycles. The van der Waals surface area contributed by atoms with E-state index < -0.39 is 0 Å². The zero-order valence-corrected chi connectivity index (χ0v) is 10.2. The van der Waals surface area contributed by atoms with Gasteiger partial charge in [0.05, 0.1) is 19.8 Å². The molecule has 1 fully saturated rings. The van der Waals surface area contributed by atoms with Crippen molar-refractivity contribution in [2.45, 2.75) is 5.16 Å². The zero-order chi connectivity index (χ0) is 12.1. The van der Waals surface area contributed by atoms with Crippen LogP contribution in [-0.4, -0.2) is 58.7 Å². The van der Waals surface area contributed by atoms with E-state index in [2.05, 4.69) is 15.0 Å². The number of aliphatic hydroxyl groups excluding tert-OH is 1. The monoisotopic (exact) mass is 257 g/mol. The Hall–Kier alpha value is -1.12. The maximum absolute atomic E-state index is 8.76. The average molecular weight is 257 g/mol. The molecular weight excluding hydrogens is 242 g/mol. The quantitative estimate of drug-likeness (QED) is 0.688. The van der Waals surface area contributed by atoms with Crippen molar-refractivity contribution in [2.75, 3.05) is 49.3 Å². The molecule has 2 heterocycles. The van der Waals surface area contributed by atoms with E-state index in [1.165, 1.54) is 11.8 Å². The number of rotatable bonds is 4. The van der Waals surface area contributed by atoms with Crippen LogP contribution in [-0.2, 0) is 4.74 Å². The molecule has 8 heteroatoms. The highest BCUT2D eigenvalue weighted by atomic mass is 32.2. The van der Waals surface area contributed by atoms with Crippen LogP contribution in [0.4, 0.5) is 11.9 Å². The van der Waals surface area contributed by atoms with Gasteiger partial charge in [-0.3, -0.25) is 0 Å². The second-order valence-electron chi connectivity index (χ2n) is 3.45. The van der Waals surface area contributed by atoms with Crippen LogP contribution in [0.3, 0.4) is 0 Å². The molecule has 0 spiro atoms. The zero-order valence-electron chi connectivity index (χ0n) is 9.37. The maximum atomic E-state index is 8.76. The van der Waals surface area contributed by atoms with Crippen molar-refractivity contribution in [3.05, 3.63) is 0 Å². The largest absolute Gasteiger partial charge is 0.396 e. The van der Waals surface area contributed by atoms with Gasteiger partial charge < -0.3 is 20.5 Å². The van der Waals surface area contributed by atoms with Crippen LogP contribution in [0, 0.1) is 0 Å². The SMILES string of the molecule is Nc1nc(SCCO)nc(N2CCOCC2)n1. The third-order valence-electron chi connectivity index (χ3n) is 2.24. The number of ether oxygens (including phenoxy) is 1. The summed E-state index contributed by atoms with van der Waals surface area (Å²) in [6, 6.07) is 0. The summed E-state index contributed by atoms with van der Waals surface area (Å²) in [4.78, 5) is 14.5. The standard InChI is InChI=1S/C9H15N5O2S/c10-7-11-8(14-1-4-16-5-2-14)13-9(12-7)17-6-3-15/h15H,1-6H2,(H2,10,11,12,13). The van der Waals surface area contributed by atoms with Gasteiger partial charge in [-0.05, 0) is 0 Å². The van der Waals surface area contributed by atoms with E-state index in [-0.39, 0.29) is 12.6 Å². The van der Waals surface area contributed by atoms with E-state index >= 15 is 0 Å². The van der Waals surface area contributed by atoms with Crippen molar-refractivity contribution in [3.63, 3.8) is 0 Å². The van der Waals surface area contributed by atoms with Crippen molar-refractivity contribution in [1.82, 2.24) is 15.0 Å². The number of aliphatic hydroxyl groups is 1. The van der Waals surface area contributed by atoms with Gasteiger partial charge >= 0.3 is 0 Å². The Bertz CT molecular complexity index is 372. The number of nitrogens with zero attached hydrogens (tertiary/aromatic N) is 4. The molecule has 17 heavy (non-hydrogen) atoms. The van der Waals surface area contributed by atoms with Crippen LogP contribution in [0.5, 0.6) is 0 Å². The van der Waals surface area contributed by atoms with Crippen molar-refractivity contribution >= 4 is 23.7 Å². The fourth-order valence-electron chi connectivity index (χ4n) is 1.47. The van der Waals surface area contributed by atoms with E-state index in [4.69, 9.17) is 15.6 Å². The van der Waals surface area contributed by atoms with Gasteiger partial charge in [0.2, 0.25) is 11.9 Å². The predicted octanol–water partition coefficient (Wildman–Crippen LogP) is -0.625. The van der Waals surface area contributed by atoms with Gasteiger partial charge in [0, 0.05) is 18.8 Å². The molecule has 0 bridgehead atoms. The Balaban J connectivity index is 2.12. The lowest BCUT2D eigenvalue weighted by Gasteiger charge is -2.26. The molecule has 1 saturated heterocycles. The lowest BCUT2D eigenvalue weighted by molar-refractivity contribution is 0.122. The molecule has 0 amide bonds. The summed E-state index contributed by atoms with van der Waals surface area (Å²) in [5.74, 6) is 1.34. The van der Waals surface area contributed by atoms with Gasteiger partial charge in [-0.2, -0.15) is 15.0 Å². The summed E-state index contributed by atoms with van der Waals surface area (Å²) in [7, 11) is 0. The Morgan fingerprint density at radius 3 is 2.76 bits per heavy atom. The number of hydrogen-bond acceptors (Lipinski definition) is 8. The minimum absolute atomic E-state index is 0.0865. The van der Waals surface area contributed by atoms with Crippen molar-refractivity contribution in [2.24, 2.45) is 0 Å². The lowest BCUT2D eigenvalue weighted by Crippen LogP contribution is -2.37. The summed E-state index contributed by atoms with van der Waals surface area (Å²) < 4.78 is 5.26. The molecule has 0 aromatic carbocycles. The Labute approximate surface area is 103 Å². The van der Waals surface area contributed by atoms with E-state index in [1.54, 1.807) is 0 Å². The first-order valence-electron chi connectivity index (χ1n) is 5.37. The molecular formula is C9H15N5O2S. The number of aromatic nitrogens is 3. The topological polar surface area (TPSA) is 97.4 Å². The first-order chi connectivity index (χ1) is 8.29. The molecule has 0 saturated carbocycles. The minimum Gasteiger partial charge on any atom is -0.396 e. The highest BCUT2D eigenvalue weighted by molar-refractivity contribution is 7.99. The normalized spacial score (nSPS) is 16.2. The summed E-state index contributed by atoms with van der Waals surface area (Å²) in [5.41, 5.74) is 5.64. The van der Waals surface area contributed by atoms with Crippen LogP contribution < -0.4 is 10.6 Å². The van der Waals surface area contributed by atoms with E-state index in [0.717, 1.165) is 13.1 Å². The summed E-state index contributed by atoms with van der Waals surface area (Å²) >= 11 is 1.36. The Morgan fingerprint density at radius 1 is 1.29 bits per heavy atom. The predicted molar refractivity (Wildman–Crippen MR) is 65.1 cm³/mol. The van der Waals surface area contributed by atoms with Gasteiger partial charge in [-0.15, -0.1) is 0 Å². The number of nitrogen functional groups attached to an aromatic ring is 1. The van der Waals surface area contributed by atoms with Gasteiger partial charge in [-0.1, -0.05) is 11.8 Å². The van der Waals surface area contributed by atoms with E-state index in [1.807, 2.05) is 4.90 Å². The molecule has 2 rings (SSSR count). The van der Waals surface area contributed by atoms with Crippen LogP contribution in [0.15, 0.2) is 5.16 Å².